The molecule has 1 fully saturated rings. The summed E-state index contributed by atoms with van der Waals surface area (Å²) in [5.74, 6) is 0.589. The van der Waals surface area contributed by atoms with Gasteiger partial charge in [-0.05, 0) is 38.8 Å². The van der Waals surface area contributed by atoms with Gasteiger partial charge in [-0.15, -0.1) is 0 Å². The summed E-state index contributed by atoms with van der Waals surface area (Å²) in [6.45, 7) is 4.75. The fourth-order valence-corrected chi connectivity index (χ4v) is 5.25. The summed E-state index contributed by atoms with van der Waals surface area (Å²) in [4.78, 5) is 14.9. The van der Waals surface area contributed by atoms with E-state index in [-0.39, 0.29) is 22.1 Å². The Kier molecular flexibility index (Phi) is 5.79. The summed E-state index contributed by atoms with van der Waals surface area (Å²) < 4.78 is 41.6. The zero-order valence-electron chi connectivity index (χ0n) is 17.4. The van der Waals surface area contributed by atoms with Crippen molar-refractivity contribution in [2.45, 2.75) is 31.6 Å². The molecule has 158 valence electrons. The van der Waals surface area contributed by atoms with E-state index in [9.17, 15) is 13.2 Å². The second-order valence-electron chi connectivity index (χ2n) is 7.10. The third-order valence-corrected chi connectivity index (χ3v) is 6.98. The molecule has 1 aliphatic rings. The Hall–Kier alpha value is -2.68. The number of ether oxygens (including phenoxy) is 2. The lowest BCUT2D eigenvalue weighted by Crippen LogP contribution is -2.30. The first-order valence-corrected chi connectivity index (χ1v) is 10.9. The van der Waals surface area contributed by atoms with E-state index in [0.717, 1.165) is 12.8 Å². The number of anilines is 1. The van der Waals surface area contributed by atoms with Crippen LogP contribution >= 0.6 is 0 Å². The highest BCUT2D eigenvalue weighted by molar-refractivity contribution is 7.92. The number of carbonyl (C=O) groups is 1. The van der Waals surface area contributed by atoms with Gasteiger partial charge in [0.25, 0.3) is 15.9 Å². The number of hydrogen-bond acceptors (Lipinski definition) is 5. The van der Waals surface area contributed by atoms with Crippen molar-refractivity contribution in [2.24, 2.45) is 7.05 Å². The number of carbonyl (C=O) groups excluding carboxylic acids is 1. The van der Waals surface area contributed by atoms with Gasteiger partial charge in [0.1, 0.15) is 16.4 Å². The van der Waals surface area contributed by atoms with Gasteiger partial charge in [0, 0.05) is 37.6 Å². The molecule has 29 heavy (non-hydrogen) atoms. The van der Waals surface area contributed by atoms with Crippen molar-refractivity contribution in [3.8, 4) is 11.5 Å². The van der Waals surface area contributed by atoms with Crippen molar-refractivity contribution < 1.29 is 22.7 Å². The van der Waals surface area contributed by atoms with E-state index in [4.69, 9.17) is 9.47 Å². The van der Waals surface area contributed by atoms with Gasteiger partial charge in [-0.1, -0.05) is 0 Å². The van der Waals surface area contributed by atoms with Crippen LogP contribution in [0.1, 0.15) is 34.6 Å². The molecule has 0 bridgehead atoms. The van der Waals surface area contributed by atoms with Crippen LogP contribution in [0.15, 0.2) is 23.1 Å². The highest BCUT2D eigenvalue weighted by atomic mass is 32.2. The molecule has 0 aliphatic carbocycles. The van der Waals surface area contributed by atoms with Crippen LogP contribution < -0.4 is 14.2 Å². The molecule has 1 aromatic carbocycles. The van der Waals surface area contributed by atoms with Crippen LogP contribution in [-0.2, 0) is 17.1 Å². The lowest BCUT2D eigenvalue weighted by molar-refractivity contribution is 0.0788. The maximum atomic E-state index is 13.4. The smallest absolute Gasteiger partial charge is 0.264 e. The molecule has 2 aromatic rings. The number of methoxy groups -OCH3 is 2. The Bertz CT molecular complexity index is 1040. The molecule has 0 spiro atoms. The predicted molar refractivity (Wildman–Crippen MR) is 110 cm³/mol. The number of nitrogens with zero attached hydrogens (tertiary/aromatic N) is 2. The summed E-state index contributed by atoms with van der Waals surface area (Å²) >= 11 is 0. The number of sulfonamides is 1. The minimum absolute atomic E-state index is 0.000673. The second kappa shape index (κ2) is 7.98. The summed E-state index contributed by atoms with van der Waals surface area (Å²) in [7, 11) is 0.654. The highest BCUT2D eigenvalue weighted by Crippen LogP contribution is 2.34. The van der Waals surface area contributed by atoms with Crippen molar-refractivity contribution in [3.63, 3.8) is 0 Å². The number of hydrogen-bond donors (Lipinski definition) is 1. The Labute approximate surface area is 171 Å². The van der Waals surface area contributed by atoms with E-state index in [0.29, 0.717) is 36.0 Å². The maximum absolute atomic E-state index is 13.4. The summed E-state index contributed by atoms with van der Waals surface area (Å²) in [5.41, 5.74) is 1.59. The van der Waals surface area contributed by atoms with E-state index in [1.165, 1.54) is 14.2 Å². The summed E-state index contributed by atoms with van der Waals surface area (Å²) in [6, 6.07) is 4.84. The molecule has 3 rings (SSSR count). The lowest BCUT2D eigenvalue weighted by atomic mass is 10.2. The van der Waals surface area contributed by atoms with E-state index in [1.807, 2.05) is 0 Å². The molecule has 1 saturated heterocycles. The molecule has 0 atom stereocenters. The minimum atomic E-state index is -4.06. The average molecular weight is 422 g/mol. The largest absolute Gasteiger partial charge is 0.497 e. The van der Waals surface area contributed by atoms with Crippen molar-refractivity contribution in [3.05, 3.63) is 35.2 Å². The Morgan fingerprint density at radius 1 is 1.07 bits per heavy atom. The number of benzene rings is 1. The van der Waals surface area contributed by atoms with Crippen LogP contribution in [0.3, 0.4) is 0 Å². The monoisotopic (exact) mass is 421 g/mol. The normalized spacial score (nSPS) is 14.2. The third-order valence-electron chi connectivity index (χ3n) is 5.45. The molecule has 1 aromatic heterocycles. The molecule has 1 aliphatic heterocycles. The number of likely N-dealkylation sites (tertiary alicyclic amines) is 1. The Balaban J connectivity index is 2.10. The van der Waals surface area contributed by atoms with E-state index in [2.05, 4.69) is 4.72 Å². The second-order valence-corrected chi connectivity index (χ2v) is 8.72. The molecule has 0 unspecified atom stereocenters. The predicted octanol–water partition coefficient (Wildman–Crippen LogP) is 2.70. The zero-order chi connectivity index (χ0) is 21.3. The number of rotatable bonds is 6. The van der Waals surface area contributed by atoms with Crippen LogP contribution in [0.2, 0.25) is 0 Å². The topological polar surface area (TPSA) is 89.9 Å². The van der Waals surface area contributed by atoms with Crippen molar-refractivity contribution >= 4 is 21.6 Å². The first-order valence-electron chi connectivity index (χ1n) is 9.41. The summed E-state index contributed by atoms with van der Waals surface area (Å²) in [5, 5.41) is 0. The molecule has 9 heteroatoms. The van der Waals surface area contributed by atoms with Crippen LogP contribution in [-0.4, -0.2) is 51.1 Å². The van der Waals surface area contributed by atoms with Crippen molar-refractivity contribution in [1.29, 1.82) is 0 Å². The molecule has 0 saturated carbocycles. The molecule has 1 amide bonds. The van der Waals surface area contributed by atoms with Crippen LogP contribution in [0, 0.1) is 13.8 Å². The standard InChI is InChI=1S/C20H27N3O5S/c1-13-18(20(24)23-10-6-7-11-23)19(14(2)22(13)3)29(25,26)21-16-12-15(27-4)8-9-17(16)28-5/h8-9,12,21H,6-7,10-11H2,1-5H3. The van der Waals surface area contributed by atoms with Gasteiger partial charge >= 0.3 is 0 Å². The van der Waals surface area contributed by atoms with Crippen LogP contribution in [0.5, 0.6) is 11.5 Å². The van der Waals surface area contributed by atoms with E-state index < -0.39 is 10.0 Å². The fourth-order valence-electron chi connectivity index (χ4n) is 3.67. The first-order chi connectivity index (χ1) is 13.7. The van der Waals surface area contributed by atoms with Gasteiger partial charge in [-0.3, -0.25) is 9.52 Å². The summed E-state index contributed by atoms with van der Waals surface area (Å²) in [6.07, 6.45) is 1.86. The molecule has 1 N–H and O–H groups in total. The molecule has 8 nitrogen and oxygen atoms in total. The third kappa shape index (κ3) is 3.78. The quantitative estimate of drug-likeness (QED) is 0.775. The molecular weight excluding hydrogens is 394 g/mol. The van der Waals surface area contributed by atoms with Gasteiger partial charge in [0.15, 0.2) is 0 Å². The number of amides is 1. The SMILES string of the molecule is COc1ccc(OC)c(NS(=O)(=O)c2c(C(=O)N3CCCC3)c(C)n(C)c2C)c1. The lowest BCUT2D eigenvalue weighted by Gasteiger charge is -2.18. The highest BCUT2D eigenvalue weighted by Gasteiger charge is 2.34. The Morgan fingerprint density at radius 3 is 2.31 bits per heavy atom. The van der Waals surface area contributed by atoms with Gasteiger partial charge < -0.3 is 18.9 Å². The zero-order valence-corrected chi connectivity index (χ0v) is 18.2. The number of aromatic nitrogens is 1. The Morgan fingerprint density at radius 2 is 1.72 bits per heavy atom. The van der Waals surface area contributed by atoms with Gasteiger partial charge in [-0.25, -0.2) is 8.42 Å². The van der Waals surface area contributed by atoms with Gasteiger partial charge in [0.2, 0.25) is 0 Å². The van der Waals surface area contributed by atoms with Crippen LogP contribution in [0.4, 0.5) is 5.69 Å². The van der Waals surface area contributed by atoms with E-state index in [1.54, 1.807) is 48.6 Å². The van der Waals surface area contributed by atoms with Crippen molar-refractivity contribution in [1.82, 2.24) is 9.47 Å². The minimum Gasteiger partial charge on any atom is -0.497 e. The number of nitrogens with one attached hydrogen (secondary N) is 1. The molecular formula is C20H27N3O5S. The maximum Gasteiger partial charge on any atom is 0.264 e. The average Bonchev–Trinajstić information content (AvgIpc) is 3.30. The van der Waals surface area contributed by atoms with Crippen LogP contribution in [0.25, 0.3) is 0 Å². The van der Waals surface area contributed by atoms with Gasteiger partial charge in [0.05, 0.1) is 25.5 Å². The fraction of sp³-hybridized carbons (Fsp3) is 0.450. The molecule has 0 radical (unpaired) electrons. The van der Waals surface area contributed by atoms with Gasteiger partial charge in [-0.2, -0.15) is 0 Å². The first kappa shape index (κ1) is 21.0. The van der Waals surface area contributed by atoms with E-state index >= 15 is 0 Å². The molecule has 2 heterocycles. The van der Waals surface area contributed by atoms with Crippen molar-refractivity contribution in [2.75, 3.05) is 32.0 Å².